The van der Waals surface area contributed by atoms with Crippen LogP contribution in [-0.2, 0) is 9.53 Å². The number of nitrogens with one attached hydrogen (secondary N) is 1. The number of rotatable bonds is 4. The maximum Gasteiger partial charge on any atom is 0.338 e. The van der Waals surface area contributed by atoms with Crippen LogP contribution >= 0.6 is 11.6 Å². The first kappa shape index (κ1) is 16.9. The second-order valence-electron chi connectivity index (χ2n) is 4.67. The molecule has 0 radical (unpaired) electrons. The average Bonchev–Trinajstić information content (AvgIpc) is 2.50. The molecule has 0 aliphatic rings. The molecule has 1 atom stereocenters. The van der Waals surface area contributed by atoms with Gasteiger partial charge in [0, 0.05) is 0 Å². The molecule has 1 amide bonds. The van der Waals surface area contributed by atoms with Gasteiger partial charge in [-0.25, -0.2) is 13.6 Å². The number of halogens is 3. The Morgan fingerprint density at radius 2 is 1.70 bits per heavy atom. The van der Waals surface area contributed by atoms with E-state index < -0.39 is 29.6 Å². The highest BCUT2D eigenvalue weighted by molar-refractivity contribution is 6.33. The number of carbonyl (C=O) groups excluding carboxylic acids is 2. The summed E-state index contributed by atoms with van der Waals surface area (Å²) in [6, 6.07) is 8.20. The summed E-state index contributed by atoms with van der Waals surface area (Å²) in [4.78, 5) is 23.8. The van der Waals surface area contributed by atoms with Crippen molar-refractivity contribution in [2.45, 2.75) is 13.0 Å². The Balaban J connectivity index is 1.99. The maximum absolute atomic E-state index is 12.9. The first-order chi connectivity index (χ1) is 10.9. The predicted octanol–water partition coefficient (Wildman–Crippen LogP) is 3.80. The second kappa shape index (κ2) is 7.19. The molecule has 2 rings (SSSR count). The molecular weight excluding hydrogens is 328 g/mol. The quantitative estimate of drug-likeness (QED) is 0.862. The van der Waals surface area contributed by atoms with Gasteiger partial charge in [-0.15, -0.1) is 0 Å². The van der Waals surface area contributed by atoms with Gasteiger partial charge in [0.1, 0.15) is 11.6 Å². The van der Waals surface area contributed by atoms with E-state index in [1.54, 1.807) is 0 Å². The first-order valence-electron chi connectivity index (χ1n) is 6.59. The summed E-state index contributed by atoms with van der Waals surface area (Å²) < 4.78 is 30.7. The van der Waals surface area contributed by atoms with Crippen molar-refractivity contribution >= 4 is 29.2 Å². The van der Waals surface area contributed by atoms with Crippen molar-refractivity contribution in [3.05, 3.63) is 64.7 Å². The monoisotopic (exact) mass is 339 g/mol. The molecule has 2 aromatic rings. The van der Waals surface area contributed by atoms with Crippen LogP contribution in [0.4, 0.5) is 14.5 Å². The van der Waals surface area contributed by atoms with Gasteiger partial charge in [0.05, 0.1) is 16.3 Å². The number of amides is 1. The molecule has 23 heavy (non-hydrogen) atoms. The summed E-state index contributed by atoms with van der Waals surface area (Å²) in [6.45, 7) is 1.37. The van der Waals surface area contributed by atoms with Gasteiger partial charge in [-0.2, -0.15) is 0 Å². The van der Waals surface area contributed by atoms with E-state index in [0.717, 1.165) is 24.3 Å². The van der Waals surface area contributed by atoms with Crippen LogP contribution in [0.5, 0.6) is 0 Å². The van der Waals surface area contributed by atoms with Crippen LogP contribution < -0.4 is 5.32 Å². The molecule has 0 saturated heterocycles. The topological polar surface area (TPSA) is 55.4 Å². The fraction of sp³-hybridized carbons (Fsp3) is 0.125. The van der Waals surface area contributed by atoms with E-state index in [1.165, 1.54) is 25.1 Å². The molecule has 0 fully saturated rings. The minimum Gasteiger partial charge on any atom is -0.449 e. The molecule has 0 aromatic heterocycles. The van der Waals surface area contributed by atoms with E-state index in [1.807, 2.05) is 0 Å². The van der Waals surface area contributed by atoms with Crippen molar-refractivity contribution in [2.75, 3.05) is 5.32 Å². The lowest BCUT2D eigenvalue weighted by molar-refractivity contribution is -0.123. The number of esters is 1. The van der Waals surface area contributed by atoms with E-state index in [4.69, 9.17) is 16.3 Å². The number of ether oxygens (including phenoxy) is 1. The van der Waals surface area contributed by atoms with Gasteiger partial charge < -0.3 is 10.1 Å². The van der Waals surface area contributed by atoms with E-state index in [9.17, 15) is 18.4 Å². The van der Waals surface area contributed by atoms with Crippen molar-refractivity contribution in [1.29, 1.82) is 0 Å². The van der Waals surface area contributed by atoms with Gasteiger partial charge in [0.15, 0.2) is 6.10 Å². The largest absolute Gasteiger partial charge is 0.449 e. The fourth-order valence-corrected chi connectivity index (χ4v) is 1.91. The molecule has 0 aliphatic heterocycles. The Bertz CT molecular complexity index is 735. The van der Waals surface area contributed by atoms with Gasteiger partial charge in [0.25, 0.3) is 5.91 Å². The summed E-state index contributed by atoms with van der Waals surface area (Å²) in [5, 5.41) is 2.45. The minimum absolute atomic E-state index is 0.0235. The zero-order chi connectivity index (χ0) is 17.0. The molecule has 0 unspecified atom stereocenters. The van der Waals surface area contributed by atoms with Gasteiger partial charge in [0.2, 0.25) is 0 Å². The predicted molar refractivity (Wildman–Crippen MR) is 81.3 cm³/mol. The van der Waals surface area contributed by atoms with Gasteiger partial charge in [-0.3, -0.25) is 4.79 Å². The van der Waals surface area contributed by atoms with Gasteiger partial charge in [-0.1, -0.05) is 11.6 Å². The molecule has 120 valence electrons. The van der Waals surface area contributed by atoms with E-state index in [-0.39, 0.29) is 16.3 Å². The normalized spacial score (nSPS) is 11.7. The third-order valence-corrected chi connectivity index (χ3v) is 3.23. The van der Waals surface area contributed by atoms with Gasteiger partial charge in [-0.05, 0) is 49.4 Å². The Hall–Kier alpha value is -2.47. The number of carbonyl (C=O) groups is 2. The Kier molecular flexibility index (Phi) is 5.28. The van der Waals surface area contributed by atoms with Crippen LogP contribution in [0, 0.1) is 11.6 Å². The first-order valence-corrected chi connectivity index (χ1v) is 6.97. The number of anilines is 1. The molecule has 0 heterocycles. The molecule has 0 aliphatic carbocycles. The highest BCUT2D eigenvalue weighted by Crippen LogP contribution is 2.22. The van der Waals surface area contributed by atoms with Crippen LogP contribution in [0.2, 0.25) is 5.02 Å². The molecule has 0 spiro atoms. The SMILES string of the molecule is C[C@@H](OC(=O)c1ccc(F)cc1)C(=O)Nc1ccc(F)cc1Cl. The van der Waals surface area contributed by atoms with Crippen molar-refractivity contribution in [1.82, 2.24) is 0 Å². The minimum atomic E-state index is -1.12. The number of benzene rings is 2. The Morgan fingerprint density at radius 1 is 1.09 bits per heavy atom. The van der Waals surface area contributed by atoms with Crippen molar-refractivity contribution < 1.29 is 23.1 Å². The molecule has 2 aromatic carbocycles. The van der Waals surface area contributed by atoms with Gasteiger partial charge >= 0.3 is 5.97 Å². The summed E-state index contributed by atoms with van der Waals surface area (Å²) in [5.74, 6) is -2.42. The highest BCUT2D eigenvalue weighted by Gasteiger charge is 2.20. The van der Waals surface area contributed by atoms with Crippen LogP contribution in [-0.4, -0.2) is 18.0 Å². The van der Waals surface area contributed by atoms with Crippen molar-refractivity contribution in [2.24, 2.45) is 0 Å². The zero-order valence-electron chi connectivity index (χ0n) is 12.0. The zero-order valence-corrected chi connectivity index (χ0v) is 12.7. The summed E-state index contributed by atoms with van der Waals surface area (Å²) >= 11 is 5.80. The lowest BCUT2D eigenvalue weighted by atomic mass is 10.2. The molecular formula is C16H12ClF2NO3. The van der Waals surface area contributed by atoms with Crippen molar-refractivity contribution in [3.8, 4) is 0 Å². The van der Waals surface area contributed by atoms with Crippen LogP contribution in [0.25, 0.3) is 0 Å². The molecule has 0 saturated carbocycles. The van der Waals surface area contributed by atoms with Crippen molar-refractivity contribution in [3.63, 3.8) is 0 Å². The number of hydrogen-bond donors (Lipinski definition) is 1. The number of hydrogen-bond acceptors (Lipinski definition) is 3. The average molecular weight is 340 g/mol. The highest BCUT2D eigenvalue weighted by atomic mass is 35.5. The molecule has 7 heteroatoms. The lowest BCUT2D eigenvalue weighted by Crippen LogP contribution is -2.30. The lowest BCUT2D eigenvalue weighted by Gasteiger charge is -2.14. The smallest absolute Gasteiger partial charge is 0.338 e. The van der Waals surface area contributed by atoms with Crippen LogP contribution in [0.15, 0.2) is 42.5 Å². The summed E-state index contributed by atoms with van der Waals surface area (Å²) in [7, 11) is 0. The molecule has 0 bridgehead atoms. The second-order valence-corrected chi connectivity index (χ2v) is 5.08. The van der Waals surface area contributed by atoms with E-state index in [2.05, 4.69) is 5.32 Å². The van der Waals surface area contributed by atoms with E-state index in [0.29, 0.717) is 0 Å². The standard InChI is InChI=1S/C16H12ClF2NO3/c1-9(23-16(22)10-2-4-11(18)5-3-10)15(21)20-14-7-6-12(19)8-13(14)17/h2-9H,1H3,(H,20,21)/t9-/m1/s1. The third kappa shape index (κ3) is 4.50. The van der Waals surface area contributed by atoms with Crippen LogP contribution in [0.1, 0.15) is 17.3 Å². The Labute approximate surface area is 136 Å². The van der Waals surface area contributed by atoms with Crippen LogP contribution in [0.3, 0.4) is 0 Å². The summed E-state index contributed by atoms with van der Waals surface area (Å²) in [5.41, 5.74) is 0.314. The van der Waals surface area contributed by atoms with E-state index >= 15 is 0 Å². The Morgan fingerprint density at radius 3 is 2.30 bits per heavy atom. The third-order valence-electron chi connectivity index (χ3n) is 2.92. The molecule has 1 N–H and O–H groups in total. The fourth-order valence-electron chi connectivity index (χ4n) is 1.69. The maximum atomic E-state index is 12.9. The summed E-state index contributed by atoms with van der Waals surface area (Å²) in [6.07, 6.45) is -1.12. The molecule has 4 nitrogen and oxygen atoms in total.